The Bertz CT molecular complexity index is 661. The summed E-state index contributed by atoms with van der Waals surface area (Å²) in [5, 5.41) is 7.28. The third kappa shape index (κ3) is 4.21. The lowest BCUT2D eigenvalue weighted by Crippen LogP contribution is -2.47. The van der Waals surface area contributed by atoms with E-state index in [1.807, 2.05) is 30.3 Å². The SMILES string of the molecule is CC1CN(CCNC(=O)c2ccn(-c3ccccc3)n2)CC(C)O1. The number of hydrogen-bond acceptors (Lipinski definition) is 4. The fraction of sp³-hybridized carbons (Fsp3) is 0.444. The van der Waals surface area contributed by atoms with Crippen molar-refractivity contribution in [2.75, 3.05) is 26.2 Å². The van der Waals surface area contributed by atoms with Gasteiger partial charge in [-0.05, 0) is 32.0 Å². The standard InChI is InChI=1S/C18H24N4O2/c1-14-12-21(13-15(2)24-14)11-9-19-18(23)17-8-10-22(20-17)16-6-4-3-5-7-16/h3-8,10,14-15H,9,11-13H2,1-2H3,(H,19,23). The third-order valence-corrected chi connectivity index (χ3v) is 4.05. The molecule has 1 N–H and O–H groups in total. The summed E-state index contributed by atoms with van der Waals surface area (Å²) in [5.74, 6) is -0.140. The quantitative estimate of drug-likeness (QED) is 0.908. The monoisotopic (exact) mass is 328 g/mol. The molecule has 1 aromatic carbocycles. The first-order valence-electron chi connectivity index (χ1n) is 8.39. The van der Waals surface area contributed by atoms with Crippen LogP contribution in [0.15, 0.2) is 42.6 Å². The lowest BCUT2D eigenvalue weighted by Gasteiger charge is -2.35. The second kappa shape index (κ2) is 7.59. The van der Waals surface area contributed by atoms with Crippen molar-refractivity contribution < 1.29 is 9.53 Å². The first kappa shape index (κ1) is 16.7. The number of amides is 1. The molecule has 1 amide bonds. The zero-order valence-electron chi connectivity index (χ0n) is 14.2. The molecule has 0 aliphatic carbocycles. The highest BCUT2D eigenvalue weighted by Crippen LogP contribution is 2.10. The number of nitrogens with zero attached hydrogens (tertiary/aromatic N) is 3. The summed E-state index contributed by atoms with van der Waals surface area (Å²) in [6, 6.07) is 11.5. The molecule has 1 aliphatic rings. The van der Waals surface area contributed by atoms with E-state index in [1.165, 1.54) is 0 Å². The number of carbonyl (C=O) groups is 1. The fourth-order valence-corrected chi connectivity index (χ4v) is 3.05. The number of benzene rings is 1. The highest BCUT2D eigenvalue weighted by Gasteiger charge is 2.21. The first-order chi connectivity index (χ1) is 11.6. The van der Waals surface area contributed by atoms with Gasteiger partial charge in [-0.15, -0.1) is 0 Å². The maximum Gasteiger partial charge on any atom is 0.271 e. The number of rotatable bonds is 5. The van der Waals surface area contributed by atoms with Crippen LogP contribution in [0.1, 0.15) is 24.3 Å². The largest absolute Gasteiger partial charge is 0.373 e. The van der Waals surface area contributed by atoms with Gasteiger partial charge in [0.15, 0.2) is 5.69 Å². The number of para-hydroxylation sites is 1. The first-order valence-corrected chi connectivity index (χ1v) is 8.39. The van der Waals surface area contributed by atoms with Gasteiger partial charge in [0.05, 0.1) is 17.9 Å². The van der Waals surface area contributed by atoms with Gasteiger partial charge in [0, 0.05) is 32.4 Å². The van der Waals surface area contributed by atoms with E-state index in [4.69, 9.17) is 4.74 Å². The van der Waals surface area contributed by atoms with Gasteiger partial charge < -0.3 is 10.1 Å². The Labute approximate surface area is 142 Å². The average Bonchev–Trinajstić information content (AvgIpc) is 3.05. The maximum atomic E-state index is 12.2. The van der Waals surface area contributed by atoms with Gasteiger partial charge >= 0.3 is 0 Å². The molecular formula is C18H24N4O2. The molecular weight excluding hydrogens is 304 g/mol. The van der Waals surface area contributed by atoms with E-state index in [0.29, 0.717) is 12.2 Å². The zero-order chi connectivity index (χ0) is 16.9. The van der Waals surface area contributed by atoms with Crippen LogP contribution < -0.4 is 5.32 Å². The molecule has 6 nitrogen and oxygen atoms in total. The van der Waals surface area contributed by atoms with Gasteiger partial charge in [-0.2, -0.15) is 5.10 Å². The molecule has 6 heteroatoms. The molecule has 24 heavy (non-hydrogen) atoms. The van der Waals surface area contributed by atoms with E-state index in [2.05, 4.69) is 29.2 Å². The molecule has 128 valence electrons. The van der Waals surface area contributed by atoms with E-state index in [-0.39, 0.29) is 18.1 Å². The van der Waals surface area contributed by atoms with E-state index in [0.717, 1.165) is 25.3 Å². The summed E-state index contributed by atoms with van der Waals surface area (Å²) in [7, 11) is 0. The predicted octanol–water partition coefficient (Wildman–Crippen LogP) is 1.71. The summed E-state index contributed by atoms with van der Waals surface area (Å²) < 4.78 is 7.42. The summed E-state index contributed by atoms with van der Waals surface area (Å²) in [4.78, 5) is 14.6. The molecule has 2 heterocycles. The van der Waals surface area contributed by atoms with E-state index in [9.17, 15) is 4.79 Å². The molecule has 0 saturated carbocycles. The molecule has 3 rings (SSSR count). The lowest BCUT2D eigenvalue weighted by molar-refractivity contribution is -0.0672. The Kier molecular flexibility index (Phi) is 5.27. The molecule has 2 aromatic rings. The topological polar surface area (TPSA) is 59.4 Å². The minimum Gasteiger partial charge on any atom is -0.373 e. The van der Waals surface area contributed by atoms with Crippen LogP contribution in [0.3, 0.4) is 0 Å². The predicted molar refractivity (Wildman–Crippen MR) is 92.3 cm³/mol. The number of ether oxygens (including phenoxy) is 1. The van der Waals surface area contributed by atoms with Gasteiger partial charge in [-0.25, -0.2) is 4.68 Å². The van der Waals surface area contributed by atoms with Crippen molar-refractivity contribution >= 4 is 5.91 Å². The number of morpholine rings is 1. The van der Waals surface area contributed by atoms with Crippen molar-refractivity contribution in [3.05, 3.63) is 48.3 Å². The second-order valence-electron chi connectivity index (χ2n) is 6.25. The van der Waals surface area contributed by atoms with Gasteiger partial charge in [0.25, 0.3) is 5.91 Å². The van der Waals surface area contributed by atoms with Crippen molar-refractivity contribution in [2.45, 2.75) is 26.1 Å². The minimum absolute atomic E-state index is 0.140. The highest BCUT2D eigenvalue weighted by molar-refractivity contribution is 5.92. The van der Waals surface area contributed by atoms with Crippen LogP contribution >= 0.6 is 0 Å². The average molecular weight is 328 g/mol. The van der Waals surface area contributed by atoms with Crippen LogP contribution in [0.5, 0.6) is 0 Å². The van der Waals surface area contributed by atoms with Gasteiger partial charge in [0.2, 0.25) is 0 Å². The van der Waals surface area contributed by atoms with Crippen molar-refractivity contribution in [3.63, 3.8) is 0 Å². The minimum atomic E-state index is -0.140. The van der Waals surface area contributed by atoms with Crippen LogP contribution in [0.25, 0.3) is 5.69 Å². The van der Waals surface area contributed by atoms with Crippen molar-refractivity contribution in [1.82, 2.24) is 20.0 Å². The molecule has 2 atom stereocenters. The van der Waals surface area contributed by atoms with Crippen LogP contribution in [-0.2, 0) is 4.74 Å². The Morgan fingerprint density at radius 2 is 1.92 bits per heavy atom. The number of nitrogens with one attached hydrogen (secondary N) is 1. The molecule has 1 saturated heterocycles. The lowest BCUT2D eigenvalue weighted by atomic mass is 10.2. The van der Waals surface area contributed by atoms with E-state index in [1.54, 1.807) is 16.9 Å². The Morgan fingerprint density at radius 3 is 2.62 bits per heavy atom. The van der Waals surface area contributed by atoms with Crippen molar-refractivity contribution in [1.29, 1.82) is 0 Å². The van der Waals surface area contributed by atoms with Crippen molar-refractivity contribution in [3.8, 4) is 5.69 Å². The third-order valence-electron chi connectivity index (χ3n) is 4.05. The molecule has 0 spiro atoms. The number of carbonyl (C=O) groups excluding carboxylic acids is 1. The molecule has 1 aliphatic heterocycles. The summed E-state index contributed by atoms with van der Waals surface area (Å²) in [6.45, 7) is 7.40. The Hall–Kier alpha value is -2.18. The number of hydrogen-bond donors (Lipinski definition) is 1. The van der Waals surface area contributed by atoms with Crippen LogP contribution in [0.2, 0.25) is 0 Å². The van der Waals surface area contributed by atoms with Crippen LogP contribution in [-0.4, -0.2) is 59.0 Å². The molecule has 1 fully saturated rings. The maximum absolute atomic E-state index is 12.2. The second-order valence-corrected chi connectivity index (χ2v) is 6.25. The van der Waals surface area contributed by atoms with Crippen molar-refractivity contribution in [2.24, 2.45) is 0 Å². The molecule has 2 unspecified atom stereocenters. The van der Waals surface area contributed by atoms with Gasteiger partial charge in [-0.1, -0.05) is 18.2 Å². The van der Waals surface area contributed by atoms with Crippen LogP contribution in [0, 0.1) is 0 Å². The van der Waals surface area contributed by atoms with Gasteiger partial charge in [0.1, 0.15) is 0 Å². The smallest absolute Gasteiger partial charge is 0.271 e. The summed E-state index contributed by atoms with van der Waals surface area (Å²) in [5.41, 5.74) is 1.37. The van der Waals surface area contributed by atoms with Gasteiger partial charge in [-0.3, -0.25) is 9.69 Å². The normalized spacial score (nSPS) is 21.6. The molecule has 0 radical (unpaired) electrons. The molecule has 1 aromatic heterocycles. The Balaban J connectivity index is 1.50. The highest BCUT2D eigenvalue weighted by atomic mass is 16.5. The van der Waals surface area contributed by atoms with Crippen LogP contribution in [0.4, 0.5) is 0 Å². The number of aromatic nitrogens is 2. The Morgan fingerprint density at radius 1 is 1.21 bits per heavy atom. The van der Waals surface area contributed by atoms with E-state index < -0.39 is 0 Å². The molecule has 0 bridgehead atoms. The zero-order valence-corrected chi connectivity index (χ0v) is 14.2. The summed E-state index contributed by atoms with van der Waals surface area (Å²) in [6.07, 6.45) is 2.28. The fourth-order valence-electron chi connectivity index (χ4n) is 3.05. The van der Waals surface area contributed by atoms with E-state index >= 15 is 0 Å². The summed E-state index contributed by atoms with van der Waals surface area (Å²) >= 11 is 0.